The zero-order valence-corrected chi connectivity index (χ0v) is 15.0. The maximum absolute atomic E-state index is 10.8. The van der Waals surface area contributed by atoms with Gasteiger partial charge in [0.05, 0.1) is 6.54 Å². The third kappa shape index (κ3) is 6.15. The number of hydrogen-bond donors (Lipinski definition) is 2. The molecule has 0 aliphatic rings. The van der Waals surface area contributed by atoms with Gasteiger partial charge in [-0.05, 0) is 24.2 Å². The molecule has 0 amide bonds. The van der Waals surface area contributed by atoms with E-state index in [9.17, 15) is 4.79 Å². The first-order valence-corrected chi connectivity index (χ1v) is 8.60. The van der Waals surface area contributed by atoms with Crippen molar-refractivity contribution < 1.29 is 9.90 Å². The molecule has 1 N–H and O–H groups in total. The van der Waals surface area contributed by atoms with Crippen LogP contribution in [0.15, 0.2) is 60.7 Å². The molecule has 0 fully saturated rings. The summed E-state index contributed by atoms with van der Waals surface area (Å²) in [5, 5.41) is 8.88. The highest BCUT2D eigenvalue weighted by Crippen LogP contribution is 2.15. The predicted octanol–water partition coefficient (Wildman–Crippen LogP) is 3.57. The maximum Gasteiger partial charge on any atom is 0.317 e. The van der Waals surface area contributed by atoms with Gasteiger partial charge in [-0.2, -0.15) is 12.6 Å². The number of likely N-dealkylation sites (N-methyl/N-ethyl adjacent to an activating group) is 1. The van der Waals surface area contributed by atoms with Crippen molar-refractivity contribution in [3.63, 3.8) is 0 Å². The quantitative estimate of drug-likeness (QED) is 0.617. The summed E-state index contributed by atoms with van der Waals surface area (Å²) >= 11 is 4.35. The van der Waals surface area contributed by atoms with Crippen molar-refractivity contribution >= 4 is 24.2 Å². The topological polar surface area (TPSA) is 40.5 Å². The summed E-state index contributed by atoms with van der Waals surface area (Å²) in [6, 6.07) is 17.8. The van der Waals surface area contributed by atoms with Gasteiger partial charge in [-0.1, -0.05) is 66.4 Å². The van der Waals surface area contributed by atoms with E-state index in [-0.39, 0.29) is 6.54 Å². The zero-order valence-electron chi connectivity index (χ0n) is 14.1. The second-order valence-corrected chi connectivity index (χ2v) is 5.96. The fourth-order valence-electron chi connectivity index (χ4n) is 2.32. The van der Waals surface area contributed by atoms with E-state index in [4.69, 9.17) is 5.11 Å². The van der Waals surface area contributed by atoms with Crippen LogP contribution in [-0.2, 0) is 10.5 Å². The fraction of sp³-hybridized carbons (Fsp3) is 0.190. The van der Waals surface area contributed by atoms with E-state index >= 15 is 0 Å². The summed E-state index contributed by atoms with van der Waals surface area (Å²) in [5.74, 6) is 6.26. The largest absolute Gasteiger partial charge is 0.480 e. The molecule has 4 heteroatoms. The molecule has 2 aromatic rings. The van der Waals surface area contributed by atoms with Crippen molar-refractivity contribution in [3.8, 4) is 11.8 Å². The molecule has 0 spiro atoms. The van der Waals surface area contributed by atoms with Crippen LogP contribution in [0, 0.1) is 11.8 Å². The summed E-state index contributed by atoms with van der Waals surface area (Å²) in [6.07, 6.45) is 1.97. The smallest absolute Gasteiger partial charge is 0.317 e. The Morgan fingerprint density at radius 1 is 1.16 bits per heavy atom. The lowest BCUT2D eigenvalue weighted by atomic mass is 10.0. The lowest BCUT2D eigenvalue weighted by molar-refractivity contribution is -0.137. The molecule has 0 heterocycles. The summed E-state index contributed by atoms with van der Waals surface area (Å²) in [6.45, 7) is 0.508. The predicted molar refractivity (Wildman–Crippen MR) is 106 cm³/mol. The Hall–Kier alpha value is -2.48. The molecule has 0 radical (unpaired) electrons. The number of carbonyl (C=O) groups is 1. The van der Waals surface area contributed by atoms with Crippen molar-refractivity contribution in [3.05, 3.63) is 77.4 Å². The number of carboxylic acid groups (broad SMARTS) is 1. The minimum Gasteiger partial charge on any atom is -0.480 e. The summed E-state index contributed by atoms with van der Waals surface area (Å²) in [4.78, 5) is 12.5. The van der Waals surface area contributed by atoms with Crippen LogP contribution in [0.3, 0.4) is 0 Å². The molecule has 2 aromatic carbocycles. The van der Waals surface area contributed by atoms with Crippen LogP contribution < -0.4 is 0 Å². The highest BCUT2D eigenvalue weighted by Gasteiger charge is 2.04. The molecule has 0 bridgehead atoms. The highest BCUT2D eigenvalue weighted by molar-refractivity contribution is 7.79. The van der Waals surface area contributed by atoms with Gasteiger partial charge >= 0.3 is 5.97 Å². The monoisotopic (exact) mass is 351 g/mol. The second-order valence-electron chi connectivity index (χ2n) is 5.64. The van der Waals surface area contributed by atoms with Gasteiger partial charge in [0.1, 0.15) is 0 Å². The van der Waals surface area contributed by atoms with Crippen LogP contribution in [0.5, 0.6) is 0 Å². The van der Waals surface area contributed by atoms with E-state index in [0.717, 1.165) is 22.3 Å². The number of benzene rings is 2. The first-order valence-electron chi connectivity index (χ1n) is 7.97. The van der Waals surface area contributed by atoms with Gasteiger partial charge in [0.15, 0.2) is 0 Å². The van der Waals surface area contributed by atoms with Gasteiger partial charge in [-0.15, -0.1) is 0 Å². The van der Waals surface area contributed by atoms with Gasteiger partial charge in [-0.25, -0.2) is 0 Å². The molecule has 0 aliphatic heterocycles. The van der Waals surface area contributed by atoms with E-state index in [1.54, 1.807) is 11.9 Å². The van der Waals surface area contributed by atoms with Gasteiger partial charge in [-0.3, -0.25) is 9.69 Å². The van der Waals surface area contributed by atoms with Crippen LogP contribution in [0.4, 0.5) is 0 Å². The van der Waals surface area contributed by atoms with Crippen molar-refractivity contribution in [1.82, 2.24) is 4.90 Å². The lowest BCUT2D eigenvalue weighted by Gasteiger charge is -2.11. The minimum absolute atomic E-state index is 0.00547. The van der Waals surface area contributed by atoms with Gasteiger partial charge in [0.25, 0.3) is 0 Å². The standard InChI is InChI=1S/C21H21NO2S/c1-22(15-21(23)24)14-13-19(17-7-3-2-4-8-17)12-11-18-9-5-6-10-20(18)16-25/h2-10,13,25H,14-16H2,1H3,(H,23,24). The normalized spacial score (nSPS) is 11.1. The molecule has 0 unspecified atom stereocenters. The molecule has 0 saturated heterocycles. The van der Waals surface area contributed by atoms with E-state index in [2.05, 4.69) is 24.5 Å². The summed E-state index contributed by atoms with van der Waals surface area (Å²) in [5.41, 5.74) is 3.95. The molecule has 0 aromatic heterocycles. The Labute approximate surface area is 154 Å². The van der Waals surface area contributed by atoms with Crippen LogP contribution in [-0.4, -0.2) is 36.1 Å². The average molecular weight is 351 g/mol. The van der Waals surface area contributed by atoms with Gasteiger partial charge < -0.3 is 5.11 Å². The summed E-state index contributed by atoms with van der Waals surface area (Å²) < 4.78 is 0. The molecule has 0 saturated carbocycles. The molecule has 0 aliphatic carbocycles. The van der Waals surface area contributed by atoms with Crippen LogP contribution in [0.2, 0.25) is 0 Å². The Kier molecular flexibility index (Phi) is 7.34. The Balaban J connectivity index is 2.30. The van der Waals surface area contributed by atoms with Crippen molar-refractivity contribution in [2.75, 3.05) is 20.1 Å². The molecule has 128 valence electrons. The molecular weight excluding hydrogens is 330 g/mol. The van der Waals surface area contributed by atoms with Crippen molar-refractivity contribution in [2.45, 2.75) is 5.75 Å². The first kappa shape index (κ1) is 18.9. The maximum atomic E-state index is 10.8. The molecule has 3 nitrogen and oxygen atoms in total. The number of allylic oxidation sites excluding steroid dienone is 1. The zero-order chi connectivity index (χ0) is 18.1. The Morgan fingerprint density at radius 3 is 2.52 bits per heavy atom. The fourth-order valence-corrected chi connectivity index (χ4v) is 2.59. The molecule has 25 heavy (non-hydrogen) atoms. The van der Waals surface area contributed by atoms with Crippen LogP contribution in [0.25, 0.3) is 5.57 Å². The first-order chi connectivity index (χ1) is 12.1. The molecule has 0 atom stereocenters. The average Bonchev–Trinajstić information content (AvgIpc) is 2.62. The molecular formula is C21H21NO2S. The number of hydrogen-bond acceptors (Lipinski definition) is 3. The second kappa shape index (κ2) is 9.73. The number of thiol groups is 1. The minimum atomic E-state index is -0.842. The number of carboxylic acids is 1. The van der Waals surface area contributed by atoms with Crippen LogP contribution in [0.1, 0.15) is 16.7 Å². The summed E-state index contributed by atoms with van der Waals surface area (Å²) in [7, 11) is 1.77. The van der Waals surface area contributed by atoms with E-state index in [1.165, 1.54) is 0 Å². The Bertz CT molecular complexity index is 803. The van der Waals surface area contributed by atoms with Crippen molar-refractivity contribution in [1.29, 1.82) is 0 Å². The van der Waals surface area contributed by atoms with Crippen molar-refractivity contribution in [2.24, 2.45) is 0 Å². The van der Waals surface area contributed by atoms with E-state index in [1.807, 2.05) is 60.7 Å². The van der Waals surface area contributed by atoms with Gasteiger partial charge in [0.2, 0.25) is 0 Å². The van der Waals surface area contributed by atoms with Gasteiger partial charge in [0, 0.05) is 23.4 Å². The number of nitrogens with zero attached hydrogens (tertiary/aromatic N) is 1. The Morgan fingerprint density at radius 2 is 1.84 bits per heavy atom. The van der Waals surface area contributed by atoms with E-state index < -0.39 is 5.97 Å². The highest BCUT2D eigenvalue weighted by atomic mass is 32.1. The number of aliphatic carboxylic acids is 1. The third-order valence-electron chi connectivity index (χ3n) is 3.62. The SMILES string of the molecule is CN(CC=C(C#Cc1ccccc1CS)c1ccccc1)CC(=O)O. The molecule has 2 rings (SSSR count). The third-order valence-corrected chi connectivity index (χ3v) is 3.96. The lowest BCUT2D eigenvalue weighted by Crippen LogP contribution is -2.25. The van der Waals surface area contributed by atoms with Crippen LogP contribution >= 0.6 is 12.6 Å². The number of rotatable bonds is 6. The van der Waals surface area contributed by atoms with E-state index in [0.29, 0.717) is 12.3 Å².